The van der Waals surface area contributed by atoms with Gasteiger partial charge in [0.25, 0.3) is 5.89 Å². The van der Waals surface area contributed by atoms with Crippen LogP contribution in [0.2, 0.25) is 0 Å². The van der Waals surface area contributed by atoms with Crippen LogP contribution in [0.5, 0.6) is 5.75 Å². The standard InChI is InChI=1S/C16H14N6O2S2/c1-23-12-6-4-11(5-7-12)15-17-14(19-24-15)10-26-16-18-20-21-22(16)9-13-3-2-8-25-13/h2-8H,9-10H2,1H3. The van der Waals surface area contributed by atoms with Crippen molar-refractivity contribution in [2.75, 3.05) is 7.11 Å². The summed E-state index contributed by atoms with van der Waals surface area (Å²) in [5, 5.41) is 18.6. The average molecular weight is 386 g/mol. The number of methoxy groups -OCH3 is 1. The lowest BCUT2D eigenvalue weighted by atomic mass is 10.2. The van der Waals surface area contributed by atoms with Crippen molar-refractivity contribution in [2.45, 2.75) is 17.5 Å². The number of tetrazole rings is 1. The van der Waals surface area contributed by atoms with Gasteiger partial charge in [-0.3, -0.25) is 0 Å². The Kier molecular flexibility index (Phi) is 4.93. The number of hydrogen-bond acceptors (Lipinski definition) is 9. The van der Waals surface area contributed by atoms with Gasteiger partial charge in [-0.2, -0.15) is 4.98 Å². The second-order valence-electron chi connectivity index (χ2n) is 5.23. The van der Waals surface area contributed by atoms with Crippen molar-refractivity contribution in [3.8, 4) is 17.2 Å². The van der Waals surface area contributed by atoms with Crippen molar-refractivity contribution in [3.63, 3.8) is 0 Å². The Morgan fingerprint density at radius 2 is 2.12 bits per heavy atom. The van der Waals surface area contributed by atoms with Crippen LogP contribution in [0.4, 0.5) is 0 Å². The summed E-state index contributed by atoms with van der Waals surface area (Å²) in [6.07, 6.45) is 0. The van der Waals surface area contributed by atoms with Gasteiger partial charge in [-0.05, 0) is 46.1 Å². The van der Waals surface area contributed by atoms with E-state index >= 15 is 0 Å². The van der Waals surface area contributed by atoms with Crippen LogP contribution >= 0.6 is 23.1 Å². The van der Waals surface area contributed by atoms with Gasteiger partial charge in [0, 0.05) is 10.4 Å². The molecule has 0 aliphatic rings. The maximum absolute atomic E-state index is 5.34. The van der Waals surface area contributed by atoms with Crippen LogP contribution in [-0.2, 0) is 12.3 Å². The van der Waals surface area contributed by atoms with E-state index < -0.39 is 0 Å². The molecule has 132 valence electrons. The first-order valence-corrected chi connectivity index (χ1v) is 9.57. The minimum atomic E-state index is 0.474. The fourth-order valence-corrected chi connectivity index (χ4v) is 3.65. The summed E-state index contributed by atoms with van der Waals surface area (Å²) in [6.45, 7) is 0.649. The van der Waals surface area contributed by atoms with Gasteiger partial charge < -0.3 is 9.26 Å². The summed E-state index contributed by atoms with van der Waals surface area (Å²) in [5.41, 5.74) is 0.845. The lowest BCUT2D eigenvalue weighted by Crippen LogP contribution is -2.02. The molecule has 0 saturated heterocycles. The minimum absolute atomic E-state index is 0.474. The van der Waals surface area contributed by atoms with E-state index in [1.54, 1.807) is 23.1 Å². The summed E-state index contributed by atoms with van der Waals surface area (Å²) >= 11 is 3.14. The molecule has 0 aliphatic carbocycles. The number of ether oxygens (including phenoxy) is 1. The lowest BCUT2D eigenvalue weighted by molar-refractivity contribution is 0.414. The maximum Gasteiger partial charge on any atom is 0.257 e. The Hall–Kier alpha value is -2.72. The largest absolute Gasteiger partial charge is 0.497 e. The summed E-state index contributed by atoms with van der Waals surface area (Å²) in [6, 6.07) is 11.5. The smallest absolute Gasteiger partial charge is 0.257 e. The van der Waals surface area contributed by atoms with Crippen LogP contribution in [0.15, 0.2) is 51.5 Å². The average Bonchev–Trinajstić information content (AvgIpc) is 3.43. The van der Waals surface area contributed by atoms with E-state index in [0.717, 1.165) is 11.3 Å². The molecule has 0 atom stereocenters. The van der Waals surface area contributed by atoms with E-state index in [0.29, 0.717) is 29.2 Å². The Labute approximate surface area is 157 Å². The molecule has 0 aliphatic heterocycles. The molecule has 3 aromatic heterocycles. The molecule has 0 N–H and O–H groups in total. The summed E-state index contributed by atoms with van der Waals surface area (Å²) in [5.74, 6) is 2.36. The van der Waals surface area contributed by atoms with Gasteiger partial charge in [0.15, 0.2) is 5.82 Å². The summed E-state index contributed by atoms with van der Waals surface area (Å²) in [4.78, 5) is 5.62. The number of thioether (sulfide) groups is 1. The Morgan fingerprint density at radius 3 is 2.88 bits per heavy atom. The molecule has 3 heterocycles. The van der Waals surface area contributed by atoms with Crippen LogP contribution in [0.3, 0.4) is 0 Å². The van der Waals surface area contributed by atoms with Gasteiger partial charge in [0.05, 0.1) is 19.4 Å². The van der Waals surface area contributed by atoms with E-state index in [4.69, 9.17) is 9.26 Å². The predicted octanol–water partition coefficient (Wildman–Crippen LogP) is 3.13. The summed E-state index contributed by atoms with van der Waals surface area (Å²) < 4.78 is 12.3. The normalized spacial score (nSPS) is 11.0. The zero-order valence-corrected chi connectivity index (χ0v) is 15.4. The van der Waals surface area contributed by atoms with Crippen molar-refractivity contribution < 1.29 is 9.26 Å². The van der Waals surface area contributed by atoms with Gasteiger partial charge >= 0.3 is 0 Å². The van der Waals surface area contributed by atoms with Crippen molar-refractivity contribution in [2.24, 2.45) is 0 Å². The Balaban J connectivity index is 1.41. The molecule has 0 fully saturated rings. The van der Waals surface area contributed by atoms with Crippen LogP contribution < -0.4 is 4.74 Å². The molecular formula is C16H14N6O2S2. The SMILES string of the molecule is COc1ccc(-c2nc(CSc3nnnn3Cc3cccs3)no2)cc1. The molecule has 0 unspecified atom stereocenters. The second-order valence-corrected chi connectivity index (χ2v) is 7.21. The zero-order valence-electron chi connectivity index (χ0n) is 13.8. The highest BCUT2D eigenvalue weighted by molar-refractivity contribution is 7.98. The van der Waals surface area contributed by atoms with E-state index in [2.05, 4.69) is 31.7 Å². The fourth-order valence-electron chi connectivity index (χ4n) is 2.24. The van der Waals surface area contributed by atoms with E-state index in [-0.39, 0.29) is 0 Å². The van der Waals surface area contributed by atoms with Crippen LogP contribution in [0, 0.1) is 0 Å². The monoisotopic (exact) mass is 386 g/mol. The molecule has 26 heavy (non-hydrogen) atoms. The van der Waals surface area contributed by atoms with Gasteiger partial charge in [0.1, 0.15) is 5.75 Å². The second kappa shape index (κ2) is 7.67. The molecule has 0 saturated carbocycles. The van der Waals surface area contributed by atoms with Crippen molar-refractivity contribution in [1.29, 1.82) is 0 Å². The quantitative estimate of drug-likeness (QED) is 0.447. The number of thiophene rings is 1. The third-order valence-electron chi connectivity index (χ3n) is 3.52. The predicted molar refractivity (Wildman–Crippen MR) is 97.1 cm³/mol. The van der Waals surface area contributed by atoms with Gasteiger partial charge in [-0.1, -0.05) is 23.0 Å². The van der Waals surface area contributed by atoms with Gasteiger partial charge in [0.2, 0.25) is 5.16 Å². The number of hydrogen-bond donors (Lipinski definition) is 0. The summed E-state index contributed by atoms with van der Waals surface area (Å²) in [7, 11) is 1.63. The van der Waals surface area contributed by atoms with E-state index in [1.165, 1.54) is 16.6 Å². The van der Waals surface area contributed by atoms with Crippen molar-refractivity contribution >= 4 is 23.1 Å². The first-order valence-electron chi connectivity index (χ1n) is 7.70. The zero-order chi connectivity index (χ0) is 17.8. The highest BCUT2D eigenvalue weighted by atomic mass is 32.2. The molecule has 4 rings (SSSR count). The van der Waals surface area contributed by atoms with Crippen LogP contribution in [0.25, 0.3) is 11.5 Å². The highest BCUT2D eigenvalue weighted by Gasteiger charge is 2.13. The minimum Gasteiger partial charge on any atom is -0.497 e. The third-order valence-corrected chi connectivity index (χ3v) is 5.33. The third kappa shape index (κ3) is 3.75. The molecule has 0 spiro atoms. The van der Waals surface area contributed by atoms with Crippen LogP contribution in [0.1, 0.15) is 10.7 Å². The Morgan fingerprint density at radius 1 is 1.23 bits per heavy atom. The first-order chi connectivity index (χ1) is 12.8. The van der Waals surface area contributed by atoms with Crippen molar-refractivity contribution in [1.82, 2.24) is 30.3 Å². The topological polar surface area (TPSA) is 91.8 Å². The van der Waals surface area contributed by atoms with E-state index in [9.17, 15) is 0 Å². The number of aromatic nitrogens is 6. The first kappa shape index (κ1) is 16.7. The van der Waals surface area contributed by atoms with Gasteiger partial charge in [-0.25, -0.2) is 4.68 Å². The molecule has 10 heteroatoms. The molecule has 4 aromatic rings. The molecule has 8 nitrogen and oxygen atoms in total. The molecule has 1 aromatic carbocycles. The molecule has 0 radical (unpaired) electrons. The van der Waals surface area contributed by atoms with Crippen molar-refractivity contribution in [3.05, 3.63) is 52.5 Å². The molecular weight excluding hydrogens is 372 g/mol. The van der Waals surface area contributed by atoms with Crippen LogP contribution in [-0.4, -0.2) is 37.5 Å². The van der Waals surface area contributed by atoms with Gasteiger partial charge in [-0.15, -0.1) is 16.4 Å². The highest BCUT2D eigenvalue weighted by Crippen LogP contribution is 2.24. The number of nitrogens with zero attached hydrogens (tertiary/aromatic N) is 6. The lowest BCUT2D eigenvalue weighted by Gasteiger charge is -2.00. The molecule has 0 amide bonds. The fraction of sp³-hybridized carbons (Fsp3) is 0.188. The van der Waals surface area contributed by atoms with E-state index in [1.807, 2.05) is 35.7 Å². The number of rotatable bonds is 7. The Bertz CT molecular complexity index is 965. The number of benzene rings is 1. The maximum atomic E-state index is 5.34. The molecule has 0 bridgehead atoms.